The maximum Gasteiger partial charge on any atom is 0.248 e. The van der Waals surface area contributed by atoms with Gasteiger partial charge < -0.3 is 0 Å². The molecule has 0 N–H and O–H groups in total. The summed E-state index contributed by atoms with van der Waals surface area (Å²) in [4.78, 5) is 11.8. The normalized spacial score (nSPS) is 22.2. The predicted molar refractivity (Wildman–Crippen MR) is 66.6 cm³/mol. The zero-order chi connectivity index (χ0) is 13.9. The van der Waals surface area contributed by atoms with Crippen LogP contribution in [0.25, 0.3) is 0 Å². The lowest BCUT2D eigenvalue weighted by Crippen LogP contribution is -2.27. The van der Waals surface area contributed by atoms with Crippen molar-refractivity contribution in [1.82, 2.24) is 0 Å². The Bertz CT molecular complexity index is 456. The van der Waals surface area contributed by atoms with E-state index in [1.165, 1.54) is 6.07 Å². The van der Waals surface area contributed by atoms with Gasteiger partial charge in [0.25, 0.3) is 0 Å². The van der Waals surface area contributed by atoms with Crippen molar-refractivity contribution < 1.29 is 18.0 Å². The highest BCUT2D eigenvalue weighted by molar-refractivity contribution is 5.81. The summed E-state index contributed by atoms with van der Waals surface area (Å²) in [5.74, 6) is -3.47. The molecule has 19 heavy (non-hydrogen) atoms. The SMILES string of the molecule is O=C(Cc1ccccc1F)CC1CCCC(F)(F)C1. The molecule has 0 heterocycles. The molecule has 0 aromatic heterocycles. The summed E-state index contributed by atoms with van der Waals surface area (Å²) in [6.07, 6.45) is 0.961. The Morgan fingerprint density at radius 2 is 2.05 bits per heavy atom. The molecule has 1 fully saturated rings. The molecule has 1 nitrogen and oxygen atoms in total. The largest absolute Gasteiger partial charge is 0.299 e. The van der Waals surface area contributed by atoms with Crippen LogP contribution in [-0.2, 0) is 11.2 Å². The summed E-state index contributed by atoms with van der Waals surface area (Å²) in [6, 6.07) is 6.09. The number of halogens is 3. The Balaban J connectivity index is 1.90. The molecule has 0 spiro atoms. The minimum Gasteiger partial charge on any atom is -0.299 e. The van der Waals surface area contributed by atoms with Crippen molar-refractivity contribution >= 4 is 5.78 Å². The molecule has 1 aliphatic carbocycles. The predicted octanol–water partition coefficient (Wildman–Crippen LogP) is 4.15. The molecule has 0 aliphatic heterocycles. The number of Topliss-reactive ketones (excluding diaryl/α,β-unsaturated/α-hetero) is 1. The van der Waals surface area contributed by atoms with Crippen LogP contribution in [0.3, 0.4) is 0 Å². The van der Waals surface area contributed by atoms with Gasteiger partial charge >= 0.3 is 0 Å². The molecule has 104 valence electrons. The Morgan fingerprint density at radius 3 is 2.74 bits per heavy atom. The van der Waals surface area contributed by atoms with Gasteiger partial charge in [-0.05, 0) is 30.4 Å². The van der Waals surface area contributed by atoms with Crippen LogP contribution in [0, 0.1) is 11.7 Å². The number of hydrogen-bond acceptors (Lipinski definition) is 1. The van der Waals surface area contributed by atoms with E-state index in [1.807, 2.05) is 0 Å². The van der Waals surface area contributed by atoms with Crippen LogP contribution in [-0.4, -0.2) is 11.7 Å². The highest BCUT2D eigenvalue weighted by Crippen LogP contribution is 2.38. The van der Waals surface area contributed by atoms with E-state index in [4.69, 9.17) is 0 Å². The topological polar surface area (TPSA) is 17.1 Å². The van der Waals surface area contributed by atoms with Crippen LogP contribution in [0.4, 0.5) is 13.2 Å². The molecule has 1 unspecified atom stereocenters. The lowest BCUT2D eigenvalue weighted by atomic mass is 9.83. The van der Waals surface area contributed by atoms with Gasteiger partial charge in [0.1, 0.15) is 11.6 Å². The van der Waals surface area contributed by atoms with Gasteiger partial charge in [-0.15, -0.1) is 0 Å². The van der Waals surface area contributed by atoms with E-state index in [-0.39, 0.29) is 37.4 Å². The van der Waals surface area contributed by atoms with Crippen LogP contribution in [0.2, 0.25) is 0 Å². The van der Waals surface area contributed by atoms with E-state index in [2.05, 4.69) is 0 Å². The summed E-state index contributed by atoms with van der Waals surface area (Å²) < 4.78 is 39.8. The van der Waals surface area contributed by atoms with E-state index in [0.29, 0.717) is 18.4 Å². The molecule has 1 saturated carbocycles. The van der Waals surface area contributed by atoms with Crippen LogP contribution < -0.4 is 0 Å². The van der Waals surface area contributed by atoms with E-state index >= 15 is 0 Å². The van der Waals surface area contributed by atoms with Gasteiger partial charge in [0.2, 0.25) is 5.92 Å². The molecule has 0 radical (unpaired) electrons. The lowest BCUT2D eigenvalue weighted by Gasteiger charge is -2.28. The fraction of sp³-hybridized carbons (Fsp3) is 0.533. The van der Waals surface area contributed by atoms with Crippen molar-refractivity contribution in [3.63, 3.8) is 0 Å². The van der Waals surface area contributed by atoms with Crippen molar-refractivity contribution in [1.29, 1.82) is 0 Å². The second-order valence-corrected chi connectivity index (χ2v) is 5.33. The third kappa shape index (κ3) is 4.08. The van der Waals surface area contributed by atoms with Gasteiger partial charge in [0.15, 0.2) is 0 Å². The first-order valence-corrected chi connectivity index (χ1v) is 6.59. The Hall–Kier alpha value is -1.32. The third-order valence-electron chi connectivity index (χ3n) is 3.60. The van der Waals surface area contributed by atoms with Crippen LogP contribution >= 0.6 is 0 Å². The number of hydrogen-bond donors (Lipinski definition) is 0. The number of rotatable bonds is 4. The quantitative estimate of drug-likeness (QED) is 0.803. The molecule has 0 bridgehead atoms. The number of benzene rings is 1. The fourth-order valence-electron chi connectivity index (χ4n) is 2.70. The minimum atomic E-state index is -2.64. The zero-order valence-electron chi connectivity index (χ0n) is 10.7. The molecule has 1 aromatic carbocycles. The van der Waals surface area contributed by atoms with Gasteiger partial charge in [0.05, 0.1) is 0 Å². The summed E-state index contributed by atoms with van der Waals surface area (Å²) in [5, 5.41) is 0. The van der Waals surface area contributed by atoms with Crippen LogP contribution in [0.1, 0.15) is 37.7 Å². The van der Waals surface area contributed by atoms with Gasteiger partial charge in [-0.2, -0.15) is 0 Å². The second kappa shape index (κ2) is 5.76. The first kappa shape index (κ1) is 14.1. The number of carbonyl (C=O) groups excluding carboxylic acids is 1. The van der Waals surface area contributed by atoms with Crippen LogP contribution in [0.5, 0.6) is 0 Å². The average molecular weight is 270 g/mol. The summed E-state index contributed by atoms with van der Waals surface area (Å²) in [5.41, 5.74) is 0.343. The van der Waals surface area contributed by atoms with E-state index < -0.39 is 11.7 Å². The number of alkyl halides is 2. The van der Waals surface area contributed by atoms with Gasteiger partial charge in [-0.3, -0.25) is 4.79 Å². The molecule has 1 atom stereocenters. The lowest BCUT2D eigenvalue weighted by molar-refractivity contribution is -0.121. The van der Waals surface area contributed by atoms with Gasteiger partial charge in [-0.25, -0.2) is 13.2 Å². The molecular formula is C15H17F3O. The second-order valence-electron chi connectivity index (χ2n) is 5.33. The van der Waals surface area contributed by atoms with Gasteiger partial charge in [0, 0.05) is 25.7 Å². The Kier molecular flexibility index (Phi) is 4.27. The van der Waals surface area contributed by atoms with E-state index in [1.54, 1.807) is 18.2 Å². The maximum atomic E-state index is 13.4. The molecule has 1 aromatic rings. The van der Waals surface area contributed by atoms with Crippen molar-refractivity contribution in [2.24, 2.45) is 5.92 Å². The molecule has 4 heteroatoms. The monoisotopic (exact) mass is 270 g/mol. The first-order valence-electron chi connectivity index (χ1n) is 6.59. The number of ketones is 1. The van der Waals surface area contributed by atoms with E-state index in [0.717, 1.165) is 0 Å². The van der Waals surface area contributed by atoms with Crippen molar-refractivity contribution in [3.05, 3.63) is 35.6 Å². The Labute approximate surface area is 110 Å². The maximum absolute atomic E-state index is 13.4. The van der Waals surface area contributed by atoms with Crippen molar-refractivity contribution in [2.45, 2.75) is 44.4 Å². The molecule has 2 rings (SSSR count). The Morgan fingerprint density at radius 1 is 1.32 bits per heavy atom. The highest BCUT2D eigenvalue weighted by atomic mass is 19.3. The summed E-state index contributed by atoms with van der Waals surface area (Å²) >= 11 is 0. The van der Waals surface area contributed by atoms with Gasteiger partial charge in [-0.1, -0.05) is 18.2 Å². The molecule has 0 amide bonds. The molecule has 0 saturated heterocycles. The van der Waals surface area contributed by atoms with Crippen LogP contribution in [0.15, 0.2) is 24.3 Å². The summed E-state index contributed by atoms with van der Waals surface area (Å²) in [7, 11) is 0. The molecular weight excluding hydrogens is 253 g/mol. The van der Waals surface area contributed by atoms with Crippen molar-refractivity contribution in [2.75, 3.05) is 0 Å². The fourth-order valence-corrected chi connectivity index (χ4v) is 2.70. The standard InChI is InChI=1S/C15H17F3O/c16-14-6-2-1-5-12(14)9-13(19)8-11-4-3-7-15(17,18)10-11/h1-2,5-6,11H,3-4,7-10H2. The number of carbonyl (C=O) groups is 1. The minimum absolute atomic E-state index is 0.00521. The summed E-state index contributed by atoms with van der Waals surface area (Å²) in [6.45, 7) is 0. The first-order chi connectivity index (χ1) is 8.96. The van der Waals surface area contributed by atoms with E-state index in [9.17, 15) is 18.0 Å². The smallest absolute Gasteiger partial charge is 0.248 e. The average Bonchev–Trinajstić information content (AvgIpc) is 2.30. The van der Waals surface area contributed by atoms with Crippen molar-refractivity contribution in [3.8, 4) is 0 Å². The zero-order valence-corrected chi connectivity index (χ0v) is 10.7. The highest BCUT2D eigenvalue weighted by Gasteiger charge is 2.36. The third-order valence-corrected chi connectivity index (χ3v) is 3.60. The molecule has 1 aliphatic rings.